The van der Waals surface area contributed by atoms with Crippen LogP contribution in [-0.4, -0.2) is 69.1 Å². The van der Waals surface area contributed by atoms with Gasteiger partial charge in [0.05, 0.1) is 5.92 Å². The van der Waals surface area contributed by atoms with Gasteiger partial charge in [-0.1, -0.05) is 74.5 Å². The summed E-state index contributed by atoms with van der Waals surface area (Å²) >= 11 is 0. The lowest BCUT2D eigenvalue weighted by atomic mass is 9.54. The third-order valence-electron chi connectivity index (χ3n) is 9.11. The molecule has 1 aliphatic heterocycles. The molecule has 0 aromatic heterocycles. The number of hydrogen-bond donors (Lipinski definition) is 4. The Labute approximate surface area is 221 Å². The summed E-state index contributed by atoms with van der Waals surface area (Å²) in [6.45, 7) is 31.1. The van der Waals surface area contributed by atoms with Crippen molar-refractivity contribution in [2.75, 3.05) is 52.4 Å². The second-order valence-corrected chi connectivity index (χ2v) is 13.5. The molecule has 1 atom stereocenters. The van der Waals surface area contributed by atoms with Crippen LogP contribution in [-0.2, 0) is 9.59 Å². The highest BCUT2D eigenvalue weighted by atomic mass is 16.2. The molecule has 5 N–H and O–H groups in total. The Morgan fingerprint density at radius 3 is 1.86 bits per heavy atom. The lowest BCUT2D eigenvalue weighted by molar-refractivity contribution is -0.139. The Kier molecular flexibility index (Phi) is 12.3. The Bertz CT molecular complexity index is 736. The number of allylic oxidation sites excluding steroid dienone is 1. The van der Waals surface area contributed by atoms with E-state index in [0.717, 1.165) is 44.7 Å². The highest BCUT2D eigenvalue weighted by Gasteiger charge is 2.47. The minimum Gasteiger partial charge on any atom is -0.329 e. The summed E-state index contributed by atoms with van der Waals surface area (Å²) in [6, 6.07) is 0. The summed E-state index contributed by atoms with van der Waals surface area (Å²) in [6.07, 6.45) is 1.91. The van der Waals surface area contributed by atoms with Crippen LogP contribution < -0.4 is 21.7 Å². The average Bonchev–Trinajstić information content (AvgIpc) is 3.00. The molecular formula is C29H57N5O2. The smallest absolute Gasteiger partial charge is 0.233 e. The number of imide groups is 1. The van der Waals surface area contributed by atoms with E-state index in [2.05, 4.69) is 84.8 Å². The second-order valence-electron chi connectivity index (χ2n) is 13.5. The Morgan fingerprint density at radius 1 is 0.861 bits per heavy atom. The number of hydrogen-bond acceptors (Lipinski definition) is 6. The van der Waals surface area contributed by atoms with Crippen LogP contribution in [0.25, 0.3) is 0 Å². The predicted octanol–water partition coefficient (Wildman–Crippen LogP) is 3.55. The molecule has 0 aromatic rings. The van der Waals surface area contributed by atoms with Crippen molar-refractivity contribution in [3.8, 4) is 0 Å². The molecule has 36 heavy (non-hydrogen) atoms. The highest BCUT2D eigenvalue weighted by molar-refractivity contribution is 6.03. The maximum absolute atomic E-state index is 13.1. The third kappa shape index (κ3) is 8.93. The topological polar surface area (TPSA) is 99.5 Å². The van der Waals surface area contributed by atoms with E-state index in [-0.39, 0.29) is 39.4 Å². The van der Waals surface area contributed by atoms with E-state index in [4.69, 9.17) is 5.73 Å². The molecule has 0 radical (unpaired) electrons. The van der Waals surface area contributed by atoms with Crippen molar-refractivity contribution in [3.05, 3.63) is 12.2 Å². The van der Waals surface area contributed by atoms with Crippen molar-refractivity contribution < 1.29 is 9.59 Å². The fourth-order valence-corrected chi connectivity index (χ4v) is 4.79. The van der Waals surface area contributed by atoms with Gasteiger partial charge < -0.3 is 21.7 Å². The molecule has 0 spiro atoms. The summed E-state index contributed by atoms with van der Waals surface area (Å²) in [5.74, 6) is -0.399. The second kappa shape index (κ2) is 13.5. The number of nitrogens with one attached hydrogen (secondary N) is 3. The van der Waals surface area contributed by atoms with Gasteiger partial charge in [0.1, 0.15) is 0 Å². The van der Waals surface area contributed by atoms with Crippen molar-refractivity contribution in [2.24, 2.45) is 33.3 Å². The maximum Gasteiger partial charge on any atom is 0.233 e. The number of likely N-dealkylation sites (tertiary alicyclic amines) is 1. The fourth-order valence-electron chi connectivity index (χ4n) is 4.79. The van der Waals surface area contributed by atoms with Gasteiger partial charge in [-0.05, 0) is 34.5 Å². The Morgan fingerprint density at radius 2 is 1.36 bits per heavy atom. The van der Waals surface area contributed by atoms with Gasteiger partial charge in [0.15, 0.2) is 0 Å². The predicted molar refractivity (Wildman–Crippen MR) is 152 cm³/mol. The lowest BCUT2D eigenvalue weighted by Gasteiger charge is -2.51. The summed E-state index contributed by atoms with van der Waals surface area (Å²) in [7, 11) is 0. The first kappa shape index (κ1) is 32.7. The van der Waals surface area contributed by atoms with Gasteiger partial charge in [0, 0.05) is 58.8 Å². The molecule has 7 nitrogen and oxygen atoms in total. The van der Waals surface area contributed by atoms with Gasteiger partial charge in [0.25, 0.3) is 0 Å². The number of rotatable bonds is 17. The normalized spacial score (nSPS) is 17.8. The summed E-state index contributed by atoms with van der Waals surface area (Å²) in [5, 5.41) is 9.91. The van der Waals surface area contributed by atoms with E-state index in [1.165, 1.54) is 4.90 Å². The first-order valence-electron chi connectivity index (χ1n) is 13.8. The zero-order valence-corrected chi connectivity index (χ0v) is 24.9. The summed E-state index contributed by atoms with van der Waals surface area (Å²) in [5.41, 5.74) is 6.67. The Balaban J connectivity index is 2.56. The van der Waals surface area contributed by atoms with Crippen LogP contribution in [0.15, 0.2) is 12.2 Å². The monoisotopic (exact) mass is 507 g/mol. The van der Waals surface area contributed by atoms with E-state index in [0.29, 0.717) is 32.5 Å². The summed E-state index contributed by atoms with van der Waals surface area (Å²) < 4.78 is 0. The summed E-state index contributed by atoms with van der Waals surface area (Å²) in [4.78, 5) is 27.2. The van der Waals surface area contributed by atoms with Gasteiger partial charge in [-0.2, -0.15) is 0 Å². The average molecular weight is 508 g/mol. The zero-order valence-electron chi connectivity index (χ0n) is 24.9. The molecule has 7 heteroatoms. The standard InChI is InChI=1S/C29H57N5O2/c1-22(29(9,10)28(7,8)21-27(5,6)26(2,3)4)19-23-20-24(35)34(25(23)36)18-17-33-16-15-32-14-13-31-12-11-30/h23,31-33H,1,11-21,30H2,2-10H3. The Hall–Kier alpha value is -1.28. The van der Waals surface area contributed by atoms with Gasteiger partial charge in [0.2, 0.25) is 11.8 Å². The number of amides is 2. The van der Waals surface area contributed by atoms with Crippen LogP contribution in [0.1, 0.15) is 81.6 Å². The molecule has 0 aromatic carbocycles. The van der Waals surface area contributed by atoms with Crippen LogP contribution in [0.3, 0.4) is 0 Å². The van der Waals surface area contributed by atoms with Gasteiger partial charge in [-0.3, -0.25) is 14.5 Å². The van der Waals surface area contributed by atoms with E-state index in [9.17, 15) is 9.59 Å². The molecule has 210 valence electrons. The van der Waals surface area contributed by atoms with Crippen molar-refractivity contribution in [1.29, 1.82) is 0 Å². The molecule has 0 saturated carbocycles. The molecule has 1 aliphatic rings. The van der Waals surface area contributed by atoms with E-state index in [1.54, 1.807) is 0 Å². The zero-order chi connectivity index (χ0) is 27.8. The largest absolute Gasteiger partial charge is 0.329 e. The molecule has 1 unspecified atom stereocenters. The van der Waals surface area contributed by atoms with Crippen molar-refractivity contribution in [1.82, 2.24) is 20.9 Å². The molecule has 1 rings (SSSR count). The van der Waals surface area contributed by atoms with Crippen molar-refractivity contribution in [3.63, 3.8) is 0 Å². The minimum absolute atomic E-state index is 0.00928. The molecule has 1 heterocycles. The van der Waals surface area contributed by atoms with Crippen LogP contribution in [0.4, 0.5) is 0 Å². The number of nitrogens with two attached hydrogens (primary N) is 1. The fraction of sp³-hybridized carbons (Fsp3) is 0.862. The molecule has 1 saturated heterocycles. The van der Waals surface area contributed by atoms with Crippen LogP contribution in [0, 0.1) is 27.6 Å². The highest BCUT2D eigenvalue weighted by Crippen LogP contribution is 2.55. The van der Waals surface area contributed by atoms with Gasteiger partial charge in [-0.15, -0.1) is 0 Å². The van der Waals surface area contributed by atoms with E-state index in [1.807, 2.05) is 0 Å². The van der Waals surface area contributed by atoms with Crippen LogP contribution in [0.5, 0.6) is 0 Å². The molecule has 0 bridgehead atoms. The molecule has 2 amide bonds. The van der Waals surface area contributed by atoms with Gasteiger partial charge in [-0.25, -0.2) is 0 Å². The molecule has 1 fully saturated rings. The molecule has 0 aliphatic carbocycles. The first-order chi connectivity index (χ1) is 16.5. The van der Waals surface area contributed by atoms with Crippen molar-refractivity contribution >= 4 is 11.8 Å². The lowest BCUT2D eigenvalue weighted by Crippen LogP contribution is -2.42. The van der Waals surface area contributed by atoms with Crippen LogP contribution >= 0.6 is 0 Å². The number of nitrogens with zero attached hydrogens (tertiary/aromatic N) is 1. The third-order valence-corrected chi connectivity index (χ3v) is 9.11. The van der Waals surface area contributed by atoms with E-state index >= 15 is 0 Å². The SMILES string of the molecule is C=C(CC1CC(=O)N(CCNCCNCCNCCN)C1=O)C(C)(C)C(C)(C)CC(C)(C)C(C)(C)C. The van der Waals surface area contributed by atoms with Gasteiger partial charge >= 0.3 is 0 Å². The quantitative estimate of drug-likeness (QED) is 0.137. The first-order valence-corrected chi connectivity index (χ1v) is 13.8. The van der Waals surface area contributed by atoms with Crippen molar-refractivity contribution in [2.45, 2.75) is 81.6 Å². The number of carbonyl (C=O) groups excluding carboxylic acids is 2. The van der Waals surface area contributed by atoms with E-state index < -0.39 is 0 Å². The maximum atomic E-state index is 13.1. The number of carbonyl (C=O) groups is 2. The van der Waals surface area contributed by atoms with Crippen LogP contribution in [0.2, 0.25) is 0 Å². The minimum atomic E-state index is -0.293. The molecular weight excluding hydrogens is 450 g/mol.